The van der Waals surface area contributed by atoms with E-state index in [2.05, 4.69) is 60.7 Å². The van der Waals surface area contributed by atoms with Gasteiger partial charge in [-0.1, -0.05) is 17.9 Å². The van der Waals surface area contributed by atoms with Gasteiger partial charge in [-0.2, -0.15) is 0 Å². The lowest BCUT2D eigenvalue weighted by Gasteiger charge is -2.25. The summed E-state index contributed by atoms with van der Waals surface area (Å²) in [6, 6.07) is 5.98. The summed E-state index contributed by atoms with van der Waals surface area (Å²) in [7, 11) is 2.01. The molecule has 3 nitrogen and oxygen atoms in total. The molecule has 2 rings (SSSR count). The van der Waals surface area contributed by atoms with E-state index in [0.717, 1.165) is 17.8 Å². The zero-order chi connectivity index (χ0) is 16.2. The molecule has 1 aromatic carbocycles. The molecule has 1 aliphatic rings. The smallest absolute Gasteiger partial charge is 0.224 e. The molecule has 0 aliphatic carbocycles. The molecule has 1 heterocycles. The number of rotatable bonds is 2. The Morgan fingerprint density at radius 1 is 1.23 bits per heavy atom. The first-order valence-corrected chi connectivity index (χ1v) is 7.50. The highest BCUT2D eigenvalue weighted by Crippen LogP contribution is 2.31. The normalized spacial score (nSPS) is 13.0. The van der Waals surface area contributed by atoms with E-state index in [1.807, 2.05) is 19.2 Å². The average molecular weight is 294 g/mol. The number of anilines is 2. The van der Waals surface area contributed by atoms with Crippen molar-refractivity contribution in [3.8, 4) is 23.7 Å². The molecule has 0 spiro atoms. The van der Waals surface area contributed by atoms with E-state index in [9.17, 15) is 4.79 Å². The summed E-state index contributed by atoms with van der Waals surface area (Å²) in [4.78, 5) is 13.6. The van der Waals surface area contributed by atoms with Crippen molar-refractivity contribution in [3.63, 3.8) is 0 Å². The first kappa shape index (κ1) is 16.0. The fraction of sp³-hybridized carbons (Fsp3) is 0.421. The Morgan fingerprint density at radius 2 is 2.00 bits per heavy atom. The molecule has 1 amide bonds. The molecule has 0 fully saturated rings. The Bertz CT molecular complexity index is 690. The molecule has 0 aromatic heterocycles. The highest BCUT2D eigenvalue weighted by atomic mass is 16.1. The number of hydrogen-bond donors (Lipinski definition) is 1. The second-order valence-electron chi connectivity index (χ2n) is 6.51. The standard InChI is InChI=1S/C19H22N2O/c1-19(2,3)13-6-5-7-14-21(4)17-10-8-9-16-15(17)11-12-18(22)20-16/h8-10H,11-12,14H2,1-4H3,(H,20,22). The third kappa shape index (κ3) is 4.30. The molecule has 0 saturated carbocycles. The van der Waals surface area contributed by atoms with Gasteiger partial charge in [0, 0.05) is 30.3 Å². The van der Waals surface area contributed by atoms with Gasteiger partial charge >= 0.3 is 0 Å². The van der Waals surface area contributed by atoms with E-state index in [1.54, 1.807) is 0 Å². The van der Waals surface area contributed by atoms with Gasteiger partial charge in [0.15, 0.2) is 0 Å². The molecule has 3 heteroatoms. The highest BCUT2D eigenvalue weighted by molar-refractivity contribution is 5.95. The van der Waals surface area contributed by atoms with Crippen LogP contribution in [0.2, 0.25) is 0 Å². The summed E-state index contributed by atoms with van der Waals surface area (Å²) >= 11 is 0. The first-order valence-electron chi connectivity index (χ1n) is 7.50. The largest absolute Gasteiger partial charge is 0.363 e. The van der Waals surface area contributed by atoms with Crippen LogP contribution in [-0.4, -0.2) is 19.5 Å². The number of amides is 1. The molecule has 114 valence electrons. The van der Waals surface area contributed by atoms with Crippen LogP contribution in [0.5, 0.6) is 0 Å². The lowest BCUT2D eigenvalue weighted by molar-refractivity contribution is -0.116. The second-order valence-corrected chi connectivity index (χ2v) is 6.51. The third-order valence-electron chi connectivity index (χ3n) is 3.34. The van der Waals surface area contributed by atoms with Gasteiger partial charge in [-0.25, -0.2) is 0 Å². The fourth-order valence-electron chi connectivity index (χ4n) is 2.27. The number of nitrogens with one attached hydrogen (secondary N) is 1. The van der Waals surface area contributed by atoms with Crippen LogP contribution in [0.25, 0.3) is 0 Å². The molecule has 1 aliphatic heterocycles. The summed E-state index contributed by atoms with van der Waals surface area (Å²) in [6.45, 7) is 6.82. The Kier molecular flexibility index (Phi) is 4.78. The van der Waals surface area contributed by atoms with Crippen LogP contribution in [0.15, 0.2) is 18.2 Å². The predicted molar refractivity (Wildman–Crippen MR) is 91.7 cm³/mol. The van der Waals surface area contributed by atoms with E-state index in [-0.39, 0.29) is 11.3 Å². The molecular weight excluding hydrogens is 272 g/mol. The SMILES string of the molecule is CN(CC#CC#CC(C)(C)C)c1cccc2c1CCC(=O)N2. The van der Waals surface area contributed by atoms with Gasteiger partial charge in [-0.3, -0.25) is 4.79 Å². The minimum Gasteiger partial charge on any atom is -0.363 e. The first-order chi connectivity index (χ1) is 10.4. The highest BCUT2D eigenvalue weighted by Gasteiger charge is 2.18. The van der Waals surface area contributed by atoms with Gasteiger partial charge in [0.1, 0.15) is 0 Å². The average Bonchev–Trinajstić information content (AvgIpc) is 2.44. The van der Waals surface area contributed by atoms with E-state index in [4.69, 9.17) is 0 Å². The number of benzene rings is 1. The lowest BCUT2D eigenvalue weighted by atomic mass is 9.98. The van der Waals surface area contributed by atoms with Crippen molar-refractivity contribution in [3.05, 3.63) is 23.8 Å². The Balaban J connectivity index is 2.09. The molecular formula is C19H22N2O. The van der Waals surface area contributed by atoms with Crippen molar-refractivity contribution in [1.29, 1.82) is 0 Å². The molecule has 0 saturated heterocycles. The third-order valence-corrected chi connectivity index (χ3v) is 3.34. The van der Waals surface area contributed by atoms with Gasteiger partial charge in [0.2, 0.25) is 5.91 Å². The van der Waals surface area contributed by atoms with Gasteiger partial charge in [-0.15, -0.1) is 0 Å². The van der Waals surface area contributed by atoms with Crippen LogP contribution in [0, 0.1) is 29.1 Å². The van der Waals surface area contributed by atoms with Gasteiger partial charge in [0.05, 0.1) is 6.54 Å². The summed E-state index contributed by atoms with van der Waals surface area (Å²) in [5, 5.41) is 2.92. The summed E-state index contributed by atoms with van der Waals surface area (Å²) < 4.78 is 0. The number of hydrogen-bond acceptors (Lipinski definition) is 2. The van der Waals surface area contributed by atoms with Gasteiger partial charge in [0.25, 0.3) is 0 Å². The Morgan fingerprint density at radius 3 is 2.73 bits per heavy atom. The van der Waals surface area contributed by atoms with Crippen LogP contribution >= 0.6 is 0 Å². The number of nitrogens with zero attached hydrogens (tertiary/aromatic N) is 1. The fourth-order valence-corrected chi connectivity index (χ4v) is 2.27. The van der Waals surface area contributed by atoms with Crippen molar-refractivity contribution in [1.82, 2.24) is 0 Å². The molecule has 22 heavy (non-hydrogen) atoms. The van der Waals surface area contributed by atoms with Crippen LogP contribution in [-0.2, 0) is 11.2 Å². The van der Waals surface area contributed by atoms with Gasteiger partial charge < -0.3 is 10.2 Å². The molecule has 0 unspecified atom stereocenters. The minimum absolute atomic E-state index is 0.0166. The van der Waals surface area contributed by atoms with Crippen LogP contribution in [0.1, 0.15) is 32.8 Å². The van der Waals surface area contributed by atoms with Crippen molar-refractivity contribution in [2.24, 2.45) is 5.41 Å². The van der Waals surface area contributed by atoms with Crippen LogP contribution < -0.4 is 10.2 Å². The summed E-state index contributed by atoms with van der Waals surface area (Å²) in [5.41, 5.74) is 3.21. The second kappa shape index (κ2) is 6.58. The molecule has 0 radical (unpaired) electrons. The van der Waals surface area contributed by atoms with E-state index in [1.165, 1.54) is 5.56 Å². The minimum atomic E-state index is -0.0166. The van der Waals surface area contributed by atoms with Crippen molar-refractivity contribution < 1.29 is 4.79 Å². The van der Waals surface area contributed by atoms with Crippen LogP contribution in [0.3, 0.4) is 0 Å². The number of carbonyl (C=O) groups excluding carboxylic acids is 1. The maximum Gasteiger partial charge on any atom is 0.224 e. The number of fused-ring (bicyclic) bond motifs is 1. The van der Waals surface area contributed by atoms with Crippen molar-refractivity contribution >= 4 is 17.3 Å². The predicted octanol–water partition coefficient (Wildman–Crippen LogP) is 3.06. The van der Waals surface area contributed by atoms with Gasteiger partial charge in [-0.05, 0) is 56.7 Å². The van der Waals surface area contributed by atoms with E-state index in [0.29, 0.717) is 13.0 Å². The molecule has 1 aromatic rings. The lowest BCUT2D eigenvalue weighted by Crippen LogP contribution is -2.24. The van der Waals surface area contributed by atoms with Crippen LogP contribution in [0.4, 0.5) is 11.4 Å². The molecule has 1 N–H and O–H groups in total. The number of carbonyl (C=O) groups is 1. The summed E-state index contributed by atoms with van der Waals surface area (Å²) in [5.74, 6) is 12.1. The molecule has 0 atom stereocenters. The monoisotopic (exact) mass is 294 g/mol. The maximum atomic E-state index is 11.5. The van der Waals surface area contributed by atoms with E-state index >= 15 is 0 Å². The summed E-state index contributed by atoms with van der Waals surface area (Å²) in [6.07, 6.45) is 1.32. The Hall–Kier alpha value is -2.39. The molecule has 0 bridgehead atoms. The van der Waals surface area contributed by atoms with Crippen molar-refractivity contribution in [2.75, 3.05) is 23.8 Å². The quantitative estimate of drug-likeness (QED) is 0.850. The zero-order valence-electron chi connectivity index (χ0n) is 13.7. The zero-order valence-corrected chi connectivity index (χ0v) is 13.7. The van der Waals surface area contributed by atoms with Crippen molar-refractivity contribution in [2.45, 2.75) is 33.6 Å². The van der Waals surface area contributed by atoms with E-state index < -0.39 is 0 Å². The Labute approximate surface area is 133 Å². The topological polar surface area (TPSA) is 32.3 Å². The maximum absolute atomic E-state index is 11.5.